The fourth-order valence-corrected chi connectivity index (χ4v) is 1.77. The minimum atomic E-state index is -0.187. The van der Waals surface area contributed by atoms with Gasteiger partial charge in [0, 0.05) is 12.1 Å². The summed E-state index contributed by atoms with van der Waals surface area (Å²) in [5.74, 6) is 1.60. The molecule has 114 valence electrons. The van der Waals surface area contributed by atoms with Crippen molar-refractivity contribution in [2.24, 2.45) is 5.92 Å². The first-order chi connectivity index (χ1) is 9.40. The molecule has 5 nitrogen and oxygen atoms in total. The zero-order valence-electron chi connectivity index (χ0n) is 12.9. The number of nitrogens with one attached hydrogen (secondary N) is 1. The second kappa shape index (κ2) is 7.33. The van der Waals surface area contributed by atoms with Gasteiger partial charge in [-0.1, -0.05) is 20.8 Å². The van der Waals surface area contributed by atoms with Crippen molar-refractivity contribution in [1.29, 1.82) is 0 Å². The predicted molar refractivity (Wildman–Crippen MR) is 83.0 cm³/mol. The summed E-state index contributed by atoms with van der Waals surface area (Å²) in [6.45, 7) is 9.03. The van der Waals surface area contributed by atoms with E-state index in [9.17, 15) is 0 Å². The third-order valence-electron chi connectivity index (χ3n) is 3.32. The van der Waals surface area contributed by atoms with Crippen LogP contribution in [0.2, 0.25) is 0 Å². The Morgan fingerprint density at radius 2 is 2.15 bits per heavy atom. The number of rotatable bonds is 8. The van der Waals surface area contributed by atoms with Gasteiger partial charge in [0.25, 0.3) is 0 Å². The average Bonchev–Trinajstić information content (AvgIpc) is 2.39. The maximum Gasteiger partial charge on any atom is 0.239 e. The Kier molecular flexibility index (Phi) is 6.07. The summed E-state index contributed by atoms with van der Waals surface area (Å²) in [5.41, 5.74) is 6.23. The Balaban J connectivity index is 2.83. The quantitative estimate of drug-likeness (QED) is 0.682. The van der Waals surface area contributed by atoms with Crippen LogP contribution in [0.1, 0.15) is 40.5 Å². The highest BCUT2D eigenvalue weighted by atomic mass is 16.5. The van der Waals surface area contributed by atoms with Gasteiger partial charge in [-0.2, -0.15) is 4.98 Å². The molecule has 1 atom stereocenters. The van der Waals surface area contributed by atoms with Crippen molar-refractivity contribution in [3.05, 3.63) is 12.1 Å². The maximum absolute atomic E-state index is 9.15. The zero-order chi connectivity index (χ0) is 15.2. The number of nitrogens with zero attached hydrogens (tertiary/aromatic N) is 1. The Morgan fingerprint density at radius 1 is 1.45 bits per heavy atom. The highest BCUT2D eigenvalue weighted by Crippen LogP contribution is 2.25. The lowest BCUT2D eigenvalue weighted by Gasteiger charge is -2.29. The third kappa shape index (κ3) is 4.89. The fourth-order valence-electron chi connectivity index (χ4n) is 1.77. The molecular weight excluding hydrogens is 254 g/mol. The molecule has 0 amide bonds. The summed E-state index contributed by atoms with van der Waals surface area (Å²) in [5, 5.41) is 12.5. The van der Waals surface area contributed by atoms with E-state index in [4.69, 9.17) is 15.6 Å². The molecule has 1 aromatic rings. The molecule has 1 unspecified atom stereocenters. The summed E-state index contributed by atoms with van der Waals surface area (Å²) < 4.78 is 5.62. The molecule has 0 radical (unpaired) electrons. The number of pyridine rings is 1. The lowest BCUT2D eigenvalue weighted by molar-refractivity contribution is 0.251. The zero-order valence-corrected chi connectivity index (χ0v) is 12.9. The second-order valence-corrected chi connectivity index (χ2v) is 5.81. The normalized spacial score (nSPS) is 14.1. The van der Waals surface area contributed by atoms with Crippen LogP contribution in [0.25, 0.3) is 0 Å². The lowest BCUT2D eigenvalue weighted by atomic mass is 9.95. The van der Waals surface area contributed by atoms with Gasteiger partial charge in [-0.05, 0) is 37.8 Å². The van der Waals surface area contributed by atoms with E-state index in [1.54, 1.807) is 6.07 Å². The molecule has 0 aliphatic rings. The molecular formula is C15H27N3O2. The molecule has 0 aromatic carbocycles. The van der Waals surface area contributed by atoms with Crippen LogP contribution >= 0.6 is 0 Å². The van der Waals surface area contributed by atoms with Gasteiger partial charge in [0.1, 0.15) is 5.82 Å². The molecule has 0 saturated carbocycles. The monoisotopic (exact) mass is 281 g/mol. The summed E-state index contributed by atoms with van der Waals surface area (Å²) in [6.07, 6.45) is 1.56. The highest BCUT2D eigenvalue weighted by molar-refractivity contribution is 5.54. The standard InChI is InChI=1S/C15H27N3O2/c1-5-15(4,8-9-19)18-13-7-6-12(16)14(17-13)20-10-11(2)3/h6-7,11,19H,5,8-10,16H2,1-4H3,(H,17,18). The van der Waals surface area contributed by atoms with Gasteiger partial charge in [-0.15, -0.1) is 0 Å². The number of anilines is 2. The van der Waals surface area contributed by atoms with Gasteiger partial charge in [0.2, 0.25) is 5.88 Å². The Morgan fingerprint density at radius 3 is 2.70 bits per heavy atom. The number of nitrogen functional groups attached to an aromatic ring is 1. The molecule has 0 aliphatic heterocycles. The molecule has 1 heterocycles. The summed E-state index contributed by atoms with van der Waals surface area (Å²) in [6, 6.07) is 3.63. The van der Waals surface area contributed by atoms with E-state index in [2.05, 4.69) is 38.0 Å². The van der Waals surface area contributed by atoms with Crippen LogP contribution in [0.3, 0.4) is 0 Å². The largest absolute Gasteiger partial charge is 0.476 e. The minimum Gasteiger partial charge on any atom is -0.476 e. The fraction of sp³-hybridized carbons (Fsp3) is 0.667. The topological polar surface area (TPSA) is 80.4 Å². The Labute approximate surface area is 121 Å². The van der Waals surface area contributed by atoms with Crippen LogP contribution in [0.5, 0.6) is 5.88 Å². The van der Waals surface area contributed by atoms with Crippen LogP contribution in [0, 0.1) is 5.92 Å². The minimum absolute atomic E-state index is 0.142. The molecule has 0 spiro atoms. The number of aromatic nitrogens is 1. The number of aliphatic hydroxyl groups excluding tert-OH is 1. The van der Waals surface area contributed by atoms with E-state index < -0.39 is 0 Å². The van der Waals surface area contributed by atoms with Gasteiger partial charge in [0.05, 0.1) is 12.3 Å². The number of aliphatic hydroxyl groups is 1. The first-order valence-electron chi connectivity index (χ1n) is 7.18. The molecule has 1 aromatic heterocycles. The van der Waals surface area contributed by atoms with E-state index >= 15 is 0 Å². The van der Waals surface area contributed by atoms with Crippen LogP contribution in [0.15, 0.2) is 12.1 Å². The van der Waals surface area contributed by atoms with Crippen molar-refractivity contribution in [3.63, 3.8) is 0 Å². The molecule has 0 saturated heterocycles. The van der Waals surface area contributed by atoms with Crippen molar-refractivity contribution in [2.75, 3.05) is 24.3 Å². The molecule has 5 heteroatoms. The number of hydrogen-bond donors (Lipinski definition) is 3. The van der Waals surface area contributed by atoms with Gasteiger partial charge in [-0.25, -0.2) is 0 Å². The molecule has 0 aliphatic carbocycles. The summed E-state index contributed by atoms with van der Waals surface area (Å²) in [7, 11) is 0. The van der Waals surface area contributed by atoms with Crippen molar-refractivity contribution >= 4 is 11.5 Å². The first-order valence-corrected chi connectivity index (χ1v) is 7.18. The van der Waals surface area contributed by atoms with Crippen molar-refractivity contribution in [2.45, 2.75) is 46.1 Å². The molecule has 1 rings (SSSR count). The van der Waals surface area contributed by atoms with Crippen molar-refractivity contribution < 1.29 is 9.84 Å². The Hall–Kier alpha value is -1.49. The van der Waals surface area contributed by atoms with Crippen molar-refractivity contribution in [1.82, 2.24) is 4.98 Å². The van der Waals surface area contributed by atoms with Gasteiger partial charge in [0.15, 0.2) is 0 Å². The maximum atomic E-state index is 9.15. The highest BCUT2D eigenvalue weighted by Gasteiger charge is 2.22. The third-order valence-corrected chi connectivity index (χ3v) is 3.32. The Bertz CT molecular complexity index is 424. The van der Waals surface area contributed by atoms with E-state index in [-0.39, 0.29) is 12.1 Å². The van der Waals surface area contributed by atoms with Crippen LogP contribution in [0.4, 0.5) is 11.5 Å². The second-order valence-electron chi connectivity index (χ2n) is 5.81. The summed E-state index contributed by atoms with van der Waals surface area (Å²) >= 11 is 0. The van der Waals surface area contributed by atoms with E-state index in [1.165, 1.54) is 0 Å². The van der Waals surface area contributed by atoms with Crippen molar-refractivity contribution in [3.8, 4) is 5.88 Å². The molecule has 20 heavy (non-hydrogen) atoms. The van der Waals surface area contributed by atoms with Gasteiger partial charge < -0.3 is 20.9 Å². The van der Waals surface area contributed by atoms with Crippen LogP contribution in [-0.4, -0.2) is 28.8 Å². The predicted octanol–water partition coefficient (Wildman–Crippen LogP) is 2.66. The smallest absolute Gasteiger partial charge is 0.239 e. The first kappa shape index (κ1) is 16.6. The van der Waals surface area contributed by atoms with Crippen LogP contribution in [-0.2, 0) is 0 Å². The number of hydrogen-bond acceptors (Lipinski definition) is 5. The van der Waals surface area contributed by atoms with Crippen LogP contribution < -0.4 is 15.8 Å². The number of nitrogens with two attached hydrogens (primary N) is 1. The lowest BCUT2D eigenvalue weighted by Crippen LogP contribution is -2.35. The molecule has 0 bridgehead atoms. The van der Waals surface area contributed by atoms with E-state index in [0.717, 1.165) is 12.2 Å². The number of ether oxygens (including phenoxy) is 1. The van der Waals surface area contributed by atoms with Gasteiger partial charge >= 0.3 is 0 Å². The SMILES string of the molecule is CCC(C)(CCO)Nc1ccc(N)c(OCC(C)C)n1. The van der Waals surface area contributed by atoms with Gasteiger partial charge in [-0.3, -0.25) is 0 Å². The molecule has 4 N–H and O–H groups in total. The average molecular weight is 281 g/mol. The molecule has 0 fully saturated rings. The van der Waals surface area contributed by atoms with E-state index in [0.29, 0.717) is 30.5 Å². The van der Waals surface area contributed by atoms with E-state index in [1.807, 2.05) is 6.07 Å². The summed E-state index contributed by atoms with van der Waals surface area (Å²) in [4.78, 5) is 4.42.